The Bertz CT molecular complexity index is 817. The van der Waals surface area contributed by atoms with Gasteiger partial charge in [0.25, 0.3) is 0 Å². The summed E-state index contributed by atoms with van der Waals surface area (Å²) < 4.78 is 0. The van der Waals surface area contributed by atoms with E-state index in [1.54, 1.807) is 11.1 Å². The summed E-state index contributed by atoms with van der Waals surface area (Å²) >= 11 is 0. The molecule has 2 saturated heterocycles. The molecule has 0 spiro atoms. The van der Waals surface area contributed by atoms with Crippen molar-refractivity contribution in [2.75, 3.05) is 32.7 Å². The third-order valence-electron chi connectivity index (χ3n) is 7.64. The fraction of sp³-hybridized carbons (Fsp3) is 0.636. The number of pyridine rings is 1. The number of likely N-dealkylation sites (tertiary alicyclic amines) is 1. The number of carbonyl (C=O) groups excluding carboxylic acids is 3. The van der Waals surface area contributed by atoms with E-state index in [2.05, 4.69) is 9.88 Å². The zero-order valence-electron chi connectivity index (χ0n) is 17.6. The molecule has 156 valence electrons. The van der Waals surface area contributed by atoms with Crippen LogP contribution in [0.3, 0.4) is 0 Å². The van der Waals surface area contributed by atoms with Crippen LogP contribution in [0.1, 0.15) is 39.3 Å². The van der Waals surface area contributed by atoms with Crippen LogP contribution in [0.25, 0.3) is 0 Å². The molecule has 2 atom stereocenters. The van der Waals surface area contributed by atoms with Gasteiger partial charge in [-0.1, -0.05) is 26.8 Å². The van der Waals surface area contributed by atoms with Gasteiger partial charge in [0.1, 0.15) is 6.54 Å². The summed E-state index contributed by atoms with van der Waals surface area (Å²) in [5.41, 5.74) is 0.105. The average Bonchev–Trinajstić information content (AvgIpc) is 2.90. The second-order valence-corrected chi connectivity index (χ2v) is 9.35. The summed E-state index contributed by atoms with van der Waals surface area (Å²) in [6, 6.07) is 5.88. The maximum absolute atomic E-state index is 13.1. The van der Waals surface area contributed by atoms with Crippen LogP contribution < -0.4 is 0 Å². The molecule has 7 nitrogen and oxygen atoms in total. The van der Waals surface area contributed by atoms with Gasteiger partial charge in [0, 0.05) is 44.8 Å². The number of hydrogen-bond acceptors (Lipinski definition) is 5. The summed E-state index contributed by atoms with van der Waals surface area (Å²) in [7, 11) is 0. The molecule has 1 aliphatic carbocycles. The van der Waals surface area contributed by atoms with Crippen LogP contribution >= 0.6 is 0 Å². The first-order valence-corrected chi connectivity index (χ1v) is 10.5. The van der Waals surface area contributed by atoms with Crippen molar-refractivity contribution in [3.63, 3.8) is 0 Å². The van der Waals surface area contributed by atoms with Crippen molar-refractivity contribution in [1.29, 1.82) is 0 Å². The first-order valence-electron chi connectivity index (χ1n) is 10.5. The molecule has 0 radical (unpaired) electrons. The molecule has 2 bridgehead atoms. The normalized spacial score (nSPS) is 29.4. The number of piperazine rings is 1. The lowest BCUT2D eigenvalue weighted by Gasteiger charge is -2.47. The quantitative estimate of drug-likeness (QED) is 0.720. The van der Waals surface area contributed by atoms with Crippen LogP contribution in [0.4, 0.5) is 0 Å². The number of fused-ring (bicyclic) bond motifs is 2. The van der Waals surface area contributed by atoms with E-state index in [0.29, 0.717) is 19.5 Å². The number of piperidine rings is 1. The predicted molar refractivity (Wildman–Crippen MR) is 107 cm³/mol. The van der Waals surface area contributed by atoms with E-state index in [1.165, 1.54) is 4.90 Å². The largest absolute Gasteiger partial charge is 0.339 e. The molecule has 1 saturated carbocycles. The second kappa shape index (κ2) is 7.20. The van der Waals surface area contributed by atoms with Crippen LogP contribution in [-0.2, 0) is 20.9 Å². The second-order valence-electron chi connectivity index (χ2n) is 9.35. The highest BCUT2D eigenvalue weighted by atomic mass is 16.2. The van der Waals surface area contributed by atoms with E-state index < -0.39 is 5.41 Å². The van der Waals surface area contributed by atoms with E-state index in [4.69, 9.17) is 0 Å². The summed E-state index contributed by atoms with van der Waals surface area (Å²) in [5.74, 6) is -0.652. The Morgan fingerprint density at radius 3 is 2.52 bits per heavy atom. The van der Waals surface area contributed by atoms with Crippen molar-refractivity contribution in [3.8, 4) is 0 Å². The molecule has 3 aliphatic rings. The third kappa shape index (κ3) is 3.25. The van der Waals surface area contributed by atoms with Crippen LogP contribution in [0.5, 0.6) is 0 Å². The monoisotopic (exact) mass is 398 g/mol. The fourth-order valence-electron chi connectivity index (χ4n) is 5.16. The zero-order chi connectivity index (χ0) is 20.8. The Balaban J connectivity index is 1.36. The van der Waals surface area contributed by atoms with Gasteiger partial charge in [-0.25, -0.2) is 0 Å². The van der Waals surface area contributed by atoms with E-state index >= 15 is 0 Å². The van der Waals surface area contributed by atoms with Gasteiger partial charge in [-0.15, -0.1) is 0 Å². The molecule has 2 aliphatic heterocycles. The number of amides is 3. The molecule has 3 fully saturated rings. The number of aromatic nitrogens is 1. The van der Waals surface area contributed by atoms with Crippen LogP contribution in [0.15, 0.2) is 24.4 Å². The molecular weight excluding hydrogens is 368 g/mol. The maximum atomic E-state index is 13.1. The highest BCUT2D eigenvalue weighted by molar-refractivity contribution is 6.06. The van der Waals surface area contributed by atoms with Gasteiger partial charge >= 0.3 is 0 Å². The lowest BCUT2D eigenvalue weighted by Crippen LogP contribution is -2.61. The van der Waals surface area contributed by atoms with E-state index in [0.717, 1.165) is 31.7 Å². The van der Waals surface area contributed by atoms with Crippen molar-refractivity contribution in [2.45, 2.75) is 40.2 Å². The summed E-state index contributed by atoms with van der Waals surface area (Å²) in [4.78, 5) is 48.6. The van der Waals surface area contributed by atoms with Gasteiger partial charge in [-0.05, 0) is 30.4 Å². The van der Waals surface area contributed by atoms with Gasteiger partial charge in [0.05, 0.1) is 11.1 Å². The molecular formula is C22H30N4O3. The topological polar surface area (TPSA) is 73.8 Å². The molecule has 1 aromatic rings. The van der Waals surface area contributed by atoms with Crippen molar-refractivity contribution >= 4 is 17.7 Å². The Kier molecular flexibility index (Phi) is 4.97. The molecule has 7 heteroatoms. The predicted octanol–water partition coefficient (Wildman–Crippen LogP) is 1.54. The fourth-order valence-corrected chi connectivity index (χ4v) is 5.16. The molecule has 3 heterocycles. The number of carbonyl (C=O) groups is 3. The summed E-state index contributed by atoms with van der Waals surface area (Å²) in [5, 5.41) is 0. The first kappa shape index (κ1) is 20.0. The van der Waals surface area contributed by atoms with Gasteiger partial charge in [-0.2, -0.15) is 0 Å². The van der Waals surface area contributed by atoms with E-state index in [-0.39, 0.29) is 35.6 Å². The first-order chi connectivity index (χ1) is 13.7. The summed E-state index contributed by atoms with van der Waals surface area (Å²) in [6.07, 6.45) is 3.23. The molecule has 3 amide bonds. The Hall–Kier alpha value is -2.28. The lowest BCUT2D eigenvalue weighted by atomic mass is 9.62. The van der Waals surface area contributed by atoms with Crippen molar-refractivity contribution in [3.05, 3.63) is 30.1 Å². The van der Waals surface area contributed by atoms with Crippen molar-refractivity contribution in [1.82, 2.24) is 19.7 Å². The molecule has 4 rings (SSSR count). The standard InChI is InChI=1S/C22H30N4O3/c1-21(2)17-7-8-22(21,3)20(29)26(19(17)28)15-18(27)25-12-10-24(11-13-25)14-16-6-4-5-9-23-16/h4-6,9,17H,7-8,10-15H2,1-3H3/t17-,22-/m0/s1. The van der Waals surface area contributed by atoms with Crippen LogP contribution in [-0.4, -0.2) is 70.1 Å². The van der Waals surface area contributed by atoms with Crippen LogP contribution in [0, 0.1) is 16.7 Å². The molecule has 0 N–H and O–H groups in total. The van der Waals surface area contributed by atoms with Crippen molar-refractivity contribution < 1.29 is 14.4 Å². The van der Waals surface area contributed by atoms with Gasteiger partial charge in [0.15, 0.2) is 0 Å². The minimum absolute atomic E-state index is 0.125. The van der Waals surface area contributed by atoms with Gasteiger partial charge in [-0.3, -0.25) is 29.2 Å². The summed E-state index contributed by atoms with van der Waals surface area (Å²) in [6.45, 7) is 9.36. The van der Waals surface area contributed by atoms with Crippen LogP contribution in [0.2, 0.25) is 0 Å². The third-order valence-corrected chi connectivity index (χ3v) is 7.64. The molecule has 29 heavy (non-hydrogen) atoms. The SMILES string of the molecule is CC1(C)[C@H]2CC[C@@]1(C)C(=O)N(CC(=O)N1CCN(Cc3ccccn3)CC1)C2=O. The smallest absolute Gasteiger partial charge is 0.242 e. The highest BCUT2D eigenvalue weighted by Crippen LogP contribution is 2.59. The van der Waals surface area contributed by atoms with E-state index in [9.17, 15) is 14.4 Å². The zero-order valence-corrected chi connectivity index (χ0v) is 17.6. The number of rotatable bonds is 4. The Morgan fingerprint density at radius 1 is 1.14 bits per heavy atom. The van der Waals surface area contributed by atoms with Crippen molar-refractivity contribution in [2.24, 2.45) is 16.7 Å². The van der Waals surface area contributed by atoms with E-state index in [1.807, 2.05) is 39.0 Å². The number of hydrogen-bond donors (Lipinski definition) is 0. The maximum Gasteiger partial charge on any atom is 0.242 e. The Labute approximate surface area is 172 Å². The minimum atomic E-state index is -0.562. The minimum Gasteiger partial charge on any atom is -0.339 e. The molecule has 0 unspecified atom stereocenters. The Morgan fingerprint density at radius 2 is 1.86 bits per heavy atom. The van der Waals surface area contributed by atoms with Gasteiger partial charge in [0.2, 0.25) is 17.7 Å². The lowest BCUT2D eigenvalue weighted by molar-refractivity contribution is -0.170. The molecule has 1 aromatic heterocycles. The average molecular weight is 399 g/mol. The number of imide groups is 1. The highest BCUT2D eigenvalue weighted by Gasteiger charge is 2.64. The van der Waals surface area contributed by atoms with Gasteiger partial charge < -0.3 is 4.90 Å². The number of nitrogens with zero attached hydrogens (tertiary/aromatic N) is 4. The molecule has 0 aromatic carbocycles.